The van der Waals surface area contributed by atoms with Gasteiger partial charge in [-0.15, -0.1) is 0 Å². The molecule has 1 fully saturated rings. The molecule has 1 amide bonds. The van der Waals surface area contributed by atoms with E-state index in [0.717, 1.165) is 37.9 Å². The van der Waals surface area contributed by atoms with Crippen molar-refractivity contribution in [3.8, 4) is 0 Å². The Kier molecular flexibility index (Phi) is 4.74. The molecule has 2 aliphatic rings. The predicted octanol–water partition coefficient (Wildman–Crippen LogP) is 2.69. The van der Waals surface area contributed by atoms with Crippen LogP contribution in [0.2, 0.25) is 0 Å². The maximum atomic E-state index is 14.1. The van der Waals surface area contributed by atoms with Crippen molar-refractivity contribution >= 4 is 11.6 Å². The van der Waals surface area contributed by atoms with Crippen molar-refractivity contribution in [1.82, 2.24) is 0 Å². The highest BCUT2D eigenvalue weighted by Gasteiger charge is 2.29. The highest BCUT2D eigenvalue weighted by Crippen LogP contribution is 2.30. The van der Waals surface area contributed by atoms with Crippen molar-refractivity contribution in [3.63, 3.8) is 0 Å². The average Bonchev–Trinajstić information content (AvgIpc) is 3.05. The van der Waals surface area contributed by atoms with Gasteiger partial charge in [0.1, 0.15) is 11.9 Å². The molecule has 5 heteroatoms. The van der Waals surface area contributed by atoms with Crippen LogP contribution in [0.5, 0.6) is 0 Å². The van der Waals surface area contributed by atoms with Crippen LogP contribution in [0.4, 0.5) is 10.1 Å². The Hall–Kier alpha value is -1.46. The highest BCUT2D eigenvalue weighted by atomic mass is 19.1. The van der Waals surface area contributed by atoms with E-state index in [2.05, 4.69) is 0 Å². The normalized spacial score (nSPS) is 22.5. The van der Waals surface area contributed by atoms with Crippen molar-refractivity contribution < 1.29 is 18.7 Å². The molecule has 0 unspecified atom stereocenters. The zero-order valence-electron chi connectivity index (χ0n) is 12.9. The Morgan fingerprint density at radius 3 is 3.14 bits per heavy atom. The van der Waals surface area contributed by atoms with Gasteiger partial charge in [-0.25, -0.2) is 4.39 Å². The number of hydrogen-bond acceptors (Lipinski definition) is 3. The van der Waals surface area contributed by atoms with Gasteiger partial charge in [-0.2, -0.15) is 0 Å². The largest absolute Gasteiger partial charge is 0.376 e. The molecule has 120 valence electrons. The minimum Gasteiger partial charge on any atom is -0.376 e. The third-order valence-corrected chi connectivity index (χ3v) is 4.34. The predicted molar refractivity (Wildman–Crippen MR) is 81.5 cm³/mol. The van der Waals surface area contributed by atoms with Crippen LogP contribution in [0.1, 0.15) is 31.7 Å². The number of fused-ring (bicyclic) bond motifs is 1. The lowest BCUT2D eigenvalue weighted by atomic mass is 10.0. The summed E-state index contributed by atoms with van der Waals surface area (Å²) in [6, 6.07) is 4.98. The molecule has 0 bridgehead atoms. The van der Waals surface area contributed by atoms with Gasteiger partial charge in [0.15, 0.2) is 0 Å². The third-order valence-electron chi connectivity index (χ3n) is 4.34. The lowest BCUT2D eigenvalue weighted by Gasteiger charge is -2.31. The summed E-state index contributed by atoms with van der Waals surface area (Å²) < 4.78 is 25.3. The van der Waals surface area contributed by atoms with Gasteiger partial charge in [0.25, 0.3) is 5.91 Å². The topological polar surface area (TPSA) is 38.8 Å². The van der Waals surface area contributed by atoms with Crippen LogP contribution in [-0.4, -0.2) is 37.9 Å². The number of hydrogen-bond donors (Lipinski definition) is 0. The zero-order chi connectivity index (χ0) is 15.5. The van der Waals surface area contributed by atoms with Crippen molar-refractivity contribution in [3.05, 3.63) is 29.6 Å². The van der Waals surface area contributed by atoms with Gasteiger partial charge in [0, 0.05) is 13.2 Å². The van der Waals surface area contributed by atoms with Crippen molar-refractivity contribution in [2.75, 3.05) is 24.7 Å². The molecule has 0 radical (unpaired) electrons. The molecule has 2 aliphatic heterocycles. The van der Waals surface area contributed by atoms with E-state index in [-0.39, 0.29) is 17.8 Å². The number of anilines is 1. The first-order valence-corrected chi connectivity index (χ1v) is 7.99. The van der Waals surface area contributed by atoms with Crippen LogP contribution in [0.15, 0.2) is 18.2 Å². The molecule has 0 aromatic heterocycles. The minimum atomic E-state index is -0.588. The molecule has 0 saturated carbocycles. The number of carbonyl (C=O) groups is 1. The SMILES string of the molecule is C[C@@H](OC[C@H]1CCCO1)C(=O)N1CCCc2cccc(F)c21. The maximum Gasteiger partial charge on any atom is 0.255 e. The van der Waals surface area contributed by atoms with E-state index in [0.29, 0.717) is 18.8 Å². The Balaban J connectivity index is 1.67. The number of rotatable bonds is 4. The molecule has 0 spiro atoms. The van der Waals surface area contributed by atoms with Gasteiger partial charge in [-0.3, -0.25) is 4.79 Å². The van der Waals surface area contributed by atoms with Crippen LogP contribution in [0.3, 0.4) is 0 Å². The van der Waals surface area contributed by atoms with Crippen molar-refractivity contribution in [2.24, 2.45) is 0 Å². The van der Waals surface area contributed by atoms with E-state index < -0.39 is 6.10 Å². The first-order valence-electron chi connectivity index (χ1n) is 7.99. The Bertz CT molecular complexity index is 543. The smallest absolute Gasteiger partial charge is 0.255 e. The molecule has 22 heavy (non-hydrogen) atoms. The lowest BCUT2D eigenvalue weighted by Crippen LogP contribution is -2.43. The Morgan fingerprint density at radius 1 is 1.50 bits per heavy atom. The molecule has 1 aromatic rings. The molecule has 2 atom stereocenters. The summed E-state index contributed by atoms with van der Waals surface area (Å²) in [6.45, 7) is 3.46. The molecular formula is C17H22FNO3. The van der Waals surface area contributed by atoms with E-state index in [1.54, 1.807) is 13.0 Å². The summed E-state index contributed by atoms with van der Waals surface area (Å²) in [7, 11) is 0. The first kappa shape index (κ1) is 15.4. The molecule has 1 aromatic carbocycles. The second-order valence-corrected chi connectivity index (χ2v) is 5.95. The number of aryl methyl sites for hydroxylation is 1. The highest BCUT2D eigenvalue weighted by molar-refractivity contribution is 5.97. The summed E-state index contributed by atoms with van der Waals surface area (Å²) in [6.07, 6.45) is 3.17. The van der Waals surface area contributed by atoms with Crippen LogP contribution in [0.25, 0.3) is 0 Å². The third kappa shape index (κ3) is 3.15. The second-order valence-electron chi connectivity index (χ2n) is 5.95. The van der Waals surface area contributed by atoms with E-state index in [1.807, 2.05) is 6.07 Å². The molecule has 2 heterocycles. The van der Waals surface area contributed by atoms with Gasteiger partial charge in [0.2, 0.25) is 0 Å². The quantitative estimate of drug-likeness (QED) is 0.858. The molecule has 0 N–H and O–H groups in total. The fourth-order valence-electron chi connectivity index (χ4n) is 3.14. The summed E-state index contributed by atoms with van der Waals surface area (Å²) in [5.41, 5.74) is 1.32. The minimum absolute atomic E-state index is 0.0839. The first-order chi connectivity index (χ1) is 10.7. The second kappa shape index (κ2) is 6.75. The van der Waals surface area contributed by atoms with E-state index in [1.165, 1.54) is 11.0 Å². The Labute approximate surface area is 130 Å². The Morgan fingerprint density at radius 2 is 2.36 bits per heavy atom. The van der Waals surface area contributed by atoms with Crippen LogP contribution < -0.4 is 4.90 Å². The summed E-state index contributed by atoms with van der Waals surface area (Å²) in [4.78, 5) is 14.1. The number of amides is 1. The van der Waals surface area contributed by atoms with Gasteiger partial charge in [0.05, 0.1) is 18.4 Å². The molecular weight excluding hydrogens is 285 g/mol. The molecule has 1 saturated heterocycles. The van der Waals surface area contributed by atoms with E-state index in [4.69, 9.17) is 9.47 Å². The monoisotopic (exact) mass is 307 g/mol. The van der Waals surface area contributed by atoms with Gasteiger partial charge < -0.3 is 14.4 Å². The fraction of sp³-hybridized carbons (Fsp3) is 0.588. The standard InChI is InChI=1S/C17H22FNO3/c1-12(22-11-14-7-4-10-21-14)17(20)19-9-3-6-13-5-2-8-15(18)16(13)19/h2,5,8,12,14H,3-4,6-7,9-11H2,1H3/t12-,14-/m1/s1. The van der Waals surface area contributed by atoms with Crippen LogP contribution in [-0.2, 0) is 20.7 Å². The van der Waals surface area contributed by atoms with E-state index >= 15 is 0 Å². The number of nitrogens with zero attached hydrogens (tertiary/aromatic N) is 1. The molecule has 0 aliphatic carbocycles. The van der Waals surface area contributed by atoms with Crippen molar-refractivity contribution in [2.45, 2.75) is 44.8 Å². The summed E-state index contributed by atoms with van der Waals surface area (Å²) in [5.74, 6) is -0.513. The van der Waals surface area contributed by atoms with E-state index in [9.17, 15) is 9.18 Å². The summed E-state index contributed by atoms with van der Waals surface area (Å²) >= 11 is 0. The van der Waals surface area contributed by atoms with Gasteiger partial charge in [-0.05, 0) is 44.2 Å². The van der Waals surface area contributed by atoms with Gasteiger partial charge in [-0.1, -0.05) is 12.1 Å². The van der Waals surface area contributed by atoms with Crippen LogP contribution in [0, 0.1) is 5.82 Å². The maximum absolute atomic E-state index is 14.1. The van der Waals surface area contributed by atoms with Crippen LogP contribution >= 0.6 is 0 Å². The fourth-order valence-corrected chi connectivity index (χ4v) is 3.14. The van der Waals surface area contributed by atoms with Crippen molar-refractivity contribution in [1.29, 1.82) is 0 Å². The zero-order valence-corrected chi connectivity index (χ0v) is 12.9. The number of halogens is 1. The molecule has 4 nitrogen and oxygen atoms in total. The number of para-hydroxylation sites is 1. The summed E-state index contributed by atoms with van der Waals surface area (Å²) in [5, 5.41) is 0. The number of carbonyl (C=O) groups excluding carboxylic acids is 1. The number of ether oxygens (including phenoxy) is 2. The molecule has 3 rings (SSSR count). The lowest BCUT2D eigenvalue weighted by molar-refractivity contribution is -0.131. The average molecular weight is 307 g/mol. The van der Waals surface area contributed by atoms with Gasteiger partial charge >= 0.3 is 0 Å². The number of benzene rings is 1.